The van der Waals surface area contributed by atoms with Crippen LogP contribution >= 0.6 is 23.2 Å². The van der Waals surface area contributed by atoms with Crippen LogP contribution in [-0.4, -0.2) is 37.1 Å². The van der Waals surface area contributed by atoms with Gasteiger partial charge in [0, 0.05) is 42.9 Å². The fraction of sp³-hybridized carbons (Fsp3) is 0.682. The van der Waals surface area contributed by atoms with E-state index in [2.05, 4.69) is 10.6 Å². The van der Waals surface area contributed by atoms with Gasteiger partial charge in [-0.25, -0.2) is 8.78 Å². The number of benzene rings is 1. The molecule has 30 heavy (non-hydrogen) atoms. The Morgan fingerprint density at radius 3 is 2.50 bits per heavy atom. The number of hydrogen-bond donors (Lipinski definition) is 2. The van der Waals surface area contributed by atoms with Crippen molar-refractivity contribution < 1.29 is 18.3 Å². The predicted molar refractivity (Wildman–Crippen MR) is 118 cm³/mol. The lowest BCUT2D eigenvalue weighted by molar-refractivity contribution is -0.119. The van der Waals surface area contributed by atoms with Gasteiger partial charge < -0.3 is 15.4 Å². The van der Waals surface area contributed by atoms with E-state index >= 15 is 0 Å². The monoisotopic (exact) mass is 464 g/mol. The summed E-state index contributed by atoms with van der Waals surface area (Å²) < 4.78 is 30.4. The topological polar surface area (TPSA) is 50.4 Å². The van der Waals surface area contributed by atoms with Gasteiger partial charge in [-0.3, -0.25) is 4.79 Å². The van der Waals surface area contributed by atoms with Gasteiger partial charge in [-0.2, -0.15) is 0 Å². The van der Waals surface area contributed by atoms with E-state index in [4.69, 9.17) is 27.9 Å². The van der Waals surface area contributed by atoms with E-state index in [1.54, 1.807) is 25.1 Å². The third-order valence-electron chi connectivity index (χ3n) is 5.34. The van der Waals surface area contributed by atoms with Crippen LogP contribution in [0.5, 0.6) is 5.75 Å². The summed E-state index contributed by atoms with van der Waals surface area (Å²) in [5.41, 5.74) is 0.799. The highest BCUT2D eigenvalue weighted by molar-refractivity contribution is 6.32. The number of amides is 1. The average molecular weight is 465 g/mol. The van der Waals surface area contributed by atoms with E-state index in [-0.39, 0.29) is 25.0 Å². The number of carbonyl (C=O) groups is 1. The first-order valence-corrected chi connectivity index (χ1v) is 11.5. The minimum absolute atomic E-state index is 0.0313. The quantitative estimate of drug-likeness (QED) is 0.496. The van der Waals surface area contributed by atoms with Crippen molar-refractivity contribution in [1.29, 1.82) is 0 Å². The van der Waals surface area contributed by atoms with Crippen LogP contribution in [0.4, 0.5) is 8.78 Å². The maximum Gasteiger partial charge on any atom is 0.255 e. The predicted octanol–water partition coefficient (Wildman–Crippen LogP) is 5.55. The molecule has 1 aromatic carbocycles. The minimum atomic E-state index is -2.54. The van der Waals surface area contributed by atoms with Gasteiger partial charge in [-0.1, -0.05) is 36.9 Å². The Kier molecular flexibility index (Phi) is 10.1. The van der Waals surface area contributed by atoms with Gasteiger partial charge in [0.25, 0.3) is 5.92 Å². The lowest BCUT2D eigenvalue weighted by atomic mass is 9.95. The molecule has 4 nitrogen and oxygen atoms in total. The minimum Gasteiger partial charge on any atom is -0.493 e. The molecule has 2 N–H and O–H groups in total. The molecule has 1 unspecified atom stereocenters. The van der Waals surface area contributed by atoms with E-state index < -0.39 is 11.8 Å². The number of rotatable bonds is 8. The third kappa shape index (κ3) is 8.94. The van der Waals surface area contributed by atoms with Crippen molar-refractivity contribution in [3.8, 4) is 5.75 Å². The molecule has 0 saturated heterocycles. The summed E-state index contributed by atoms with van der Waals surface area (Å²) in [6.45, 7) is 4.53. The molecular formula is C22H32Cl2F2N2O2. The summed E-state index contributed by atoms with van der Waals surface area (Å²) in [6.07, 6.45) is 6.61. The number of ether oxygens (including phenoxy) is 1. The van der Waals surface area contributed by atoms with Gasteiger partial charge in [0.05, 0.1) is 12.5 Å². The Morgan fingerprint density at radius 1 is 1.30 bits per heavy atom. The molecule has 2 aliphatic carbocycles. The molecule has 2 saturated carbocycles. The number of carbonyl (C=O) groups excluding carboxylic acids is 1. The van der Waals surface area contributed by atoms with Gasteiger partial charge >= 0.3 is 0 Å². The largest absolute Gasteiger partial charge is 0.493 e. The molecule has 2 fully saturated rings. The first kappa shape index (κ1) is 25.2. The second-order valence-electron chi connectivity index (χ2n) is 8.20. The smallest absolute Gasteiger partial charge is 0.255 e. The lowest BCUT2D eigenvalue weighted by Crippen LogP contribution is -2.43. The zero-order valence-corrected chi connectivity index (χ0v) is 19.2. The molecule has 0 spiro atoms. The molecule has 0 heterocycles. The van der Waals surface area contributed by atoms with Crippen LogP contribution in [0.25, 0.3) is 0 Å². The highest BCUT2D eigenvalue weighted by Gasteiger charge is 2.57. The van der Waals surface area contributed by atoms with Crippen LogP contribution in [0.15, 0.2) is 18.2 Å². The number of alkyl halides is 3. The molecule has 2 atom stereocenters. The Labute approximate surface area is 188 Å². The van der Waals surface area contributed by atoms with Crippen molar-refractivity contribution in [3.05, 3.63) is 28.8 Å². The van der Waals surface area contributed by atoms with E-state index in [9.17, 15) is 13.6 Å². The molecule has 170 valence electrons. The van der Waals surface area contributed by atoms with Gasteiger partial charge in [0.1, 0.15) is 5.75 Å². The highest BCUT2D eigenvalue weighted by Crippen LogP contribution is 2.48. The fourth-order valence-electron chi connectivity index (χ4n) is 3.42. The molecule has 0 bridgehead atoms. The molecule has 0 aliphatic heterocycles. The highest BCUT2D eigenvalue weighted by atomic mass is 35.5. The summed E-state index contributed by atoms with van der Waals surface area (Å²) in [5, 5.41) is 6.89. The maximum atomic E-state index is 12.6. The van der Waals surface area contributed by atoms with E-state index in [1.165, 1.54) is 32.1 Å². The van der Waals surface area contributed by atoms with Crippen LogP contribution in [-0.2, 0) is 10.7 Å². The summed E-state index contributed by atoms with van der Waals surface area (Å²) in [6, 6.07) is 5.94. The molecule has 0 radical (unpaired) electrons. The molecular weight excluding hydrogens is 433 g/mol. The number of hydrogen-bond acceptors (Lipinski definition) is 3. The number of nitrogens with one attached hydrogen (secondary N) is 2. The Morgan fingerprint density at radius 2 is 1.97 bits per heavy atom. The van der Waals surface area contributed by atoms with E-state index in [0.717, 1.165) is 12.1 Å². The third-order valence-corrected chi connectivity index (χ3v) is 5.98. The second kappa shape index (κ2) is 12.1. The Hall–Kier alpha value is -1.11. The zero-order chi connectivity index (χ0) is 22.1. The van der Waals surface area contributed by atoms with Crippen LogP contribution in [0.3, 0.4) is 0 Å². The second-order valence-corrected chi connectivity index (χ2v) is 8.88. The molecule has 8 heteroatoms. The summed E-state index contributed by atoms with van der Waals surface area (Å²) in [4.78, 5) is 10.8. The van der Waals surface area contributed by atoms with Crippen molar-refractivity contribution >= 4 is 29.1 Å². The molecule has 3 rings (SSSR count). The van der Waals surface area contributed by atoms with Crippen molar-refractivity contribution in [1.82, 2.24) is 10.6 Å². The van der Waals surface area contributed by atoms with Gasteiger partial charge in [0.2, 0.25) is 5.91 Å². The van der Waals surface area contributed by atoms with E-state index in [0.29, 0.717) is 22.7 Å². The SMILES string of the molecule is CC(=O)N[C@@H](C)CNC1CCCCC1.FC1(F)CC1COc1ccc(CCl)c(Cl)c1. The standard InChI is InChI=1S/C11H10Cl2F2O.C11H22N2O/c12-5-7-1-2-9(3-10(7)13)16-6-8-4-11(8,14)15;1-9(13-10(2)14)8-12-11-6-4-3-5-7-11/h1-3,8H,4-6H2;9,11-12H,3-8H2,1-2H3,(H,13,14)/t;9-/m.0/s1. The average Bonchev–Trinajstić information content (AvgIpc) is 3.32. The summed E-state index contributed by atoms with van der Waals surface area (Å²) >= 11 is 11.5. The van der Waals surface area contributed by atoms with Crippen molar-refractivity contribution in [2.24, 2.45) is 5.92 Å². The fourth-order valence-corrected chi connectivity index (χ4v) is 3.96. The first-order valence-electron chi connectivity index (χ1n) is 10.6. The van der Waals surface area contributed by atoms with Crippen LogP contribution in [0.2, 0.25) is 5.02 Å². The number of halogens is 4. The summed E-state index contributed by atoms with van der Waals surface area (Å²) in [7, 11) is 0. The molecule has 2 aliphatic rings. The van der Waals surface area contributed by atoms with Crippen LogP contribution < -0.4 is 15.4 Å². The van der Waals surface area contributed by atoms with Crippen molar-refractivity contribution in [2.75, 3.05) is 13.2 Å². The molecule has 1 aromatic rings. The Balaban J connectivity index is 0.000000216. The summed E-state index contributed by atoms with van der Waals surface area (Å²) in [5.74, 6) is -2.32. The molecule has 0 aromatic heterocycles. The van der Waals surface area contributed by atoms with Crippen molar-refractivity contribution in [2.45, 2.75) is 76.3 Å². The molecule has 1 amide bonds. The first-order chi connectivity index (χ1) is 14.2. The van der Waals surface area contributed by atoms with Crippen LogP contribution in [0, 0.1) is 5.92 Å². The van der Waals surface area contributed by atoms with Gasteiger partial charge in [-0.15, -0.1) is 11.6 Å². The van der Waals surface area contributed by atoms with Crippen LogP contribution in [0.1, 0.15) is 57.9 Å². The van der Waals surface area contributed by atoms with Gasteiger partial charge in [-0.05, 0) is 37.5 Å². The van der Waals surface area contributed by atoms with E-state index in [1.807, 2.05) is 6.92 Å². The normalized spacial score (nSPS) is 21.2. The van der Waals surface area contributed by atoms with Gasteiger partial charge in [0.15, 0.2) is 0 Å². The Bertz CT molecular complexity index is 685. The lowest BCUT2D eigenvalue weighted by Gasteiger charge is -2.24. The zero-order valence-electron chi connectivity index (χ0n) is 17.7. The van der Waals surface area contributed by atoms with Crippen molar-refractivity contribution in [3.63, 3.8) is 0 Å². The maximum absolute atomic E-state index is 12.6.